The molecule has 1 fully saturated rings. The summed E-state index contributed by atoms with van der Waals surface area (Å²) in [5.41, 5.74) is 4.67. The van der Waals surface area contributed by atoms with E-state index in [0.717, 1.165) is 29.9 Å². The van der Waals surface area contributed by atoms with Gasteiger partial charge in [-0.05, 0) is 41.0 Å². The number of carbonyl (C=O) groups excluding carboxylic acids is 1. The molecule has 5 N–H and O–H groups in total. The third-order valence-corrected chi connectivity index (χ3v) is 7.40. The molecule has 10 nitrogen and oxygen atoms in total. The first-order valence-electron chi connectivity index (χ1n) is 13.9. The molecule has 43 heavy (non-hydrogen) atoms. The third kappa shape index (κ3) is 8.96. The van der Waals surface area contributed by atoms with Gasteiger partial charge >= 0.3 is 12.1 Å². The summed E-state index contributed by atoms with van der Waals surface area (Å²) in [5.74, 6) is 9.94. The number of hydrazine groups is 1. The number of halogens is 1. The Bertz CT molecular complexity index is 1480. The molecule has 0 spiro atoms. The topological polar surface area (TPSA) is 139 Å². The molecular formula is C32H34ClN5O5. The van der Waals surface area contributed by atoms with Gasteiger partial charge in [-0.2, -0.15) is 0 Å². The zero-order valence-electron chi connectivity index (χ0n) is 23.6. The number of piperazine rings is 1. The maximum absolute atomic E-state index is 12.5. The van der Waals surface area contributed by atoms with Gasteiger partial charge in [-0.1, -0.05) is 72.0 Å². The van der Waals surface area contributed by atoms with E-state index in [1.54, 1.807) is 6.07 Å². The molecule has 11 heteroatoms. The van der Waals surface area contributed by atoms with Crippen LogP contribution < -0.4 is 16.1 Å². The summed E-state index contributed by atoms with van der Waals surface area (Å²) >= 11 is 6.18. The molecule has 1 saturated heterocycles. The molecule has 1 atom stereocenters. The zero-order valence-corrected chi connectivity index (χ0v) is 24.3. The first kappa shape index (κ1) is 31.4. The summed E-state index contributed by atoms with van der Waals surface area (Å²) in [6.07, 6.45) is -0.935. The van der Waals surface area contributed by atoms with Gasteiger partial charge in [0.1, 0.15) is 6.54 Å². The number of benzene rings is 3. The molecule has 0 radical (unpaired) electrons. The summed E-state index contributed by atoms with van der Waals surface area (Å²) in [5, 5.41) is 21.7. The highest BCUT2D eigenvalue weighted by Crippen LogP contribution is 2.32. The molecule has 0 aliphatic carbocycles. The van der Waals surface area contributed by atoms with E-state index in [4.69, 9.17) is 27.7 Å². The molecule has 0 aromatic heterocycles. The first-order chi connectivity index (χ1) is 20.7. The number of amides is 2. The summed E-state index contributed by atoms with van der Waals surface area (Å²) < 4.78 is 0. The predicted octanol–water partition coefficient (Wildman–Crippen LogP) is 3.59. The van der Waals surface area contributed by atoms with Crippen molar-refractivity contribution in [3.63, 3.8) is 0 Å². The van der Waals surface area contributed by atoms with Crippen molar-refractivity contribution in [3.8, 4) is 11.8 Å². The Morgan fingerprint density at radius 2 is 1.63 bits per heavy atom. The Morgan fingerprint density at radius 1 is 0.953 bits per heavy atom. The number of rotatable bonds is 10. The van der Waals surface area contributed by atoms with Gasteiger partial charge in [-0.25, -0.2) is 15.6 Å². The predicted molar refractivity (Wildman–Crippen MR) is 165 cm³/mol. The summed E-state index contributed by atoms with van der Waals surface area (Å²) in [4.78, 5) is 39.0. The van der Waals surface area contributed by atoms with E-state index in [1.165, 1.54) is 5.56 Å². The number of hydrogen-bond donors (Lipinski definition) is 4. The number of aliphatic carboxylic acids is 1. The monoisotopic (exact) mass is 603 g/mol. The van der Waals surface area contributed by atoms with Gasteiger partial charge in [0.15, 0.2) is 0 Å². The Hall–Kier alpha value is -4.56. The van der Waals surface area contributed by atoms with Crippen molar-refractivity contribution in [2.75, 3.05) is 44.2 Å². The highest BCUT2D eigenvalue weighted by molar-refractivity contribution is 6.30. The van der Waals surface area contributed by atoms with Crippen LogP contribution in [-0.4, -0.2) is 77.4 Å². The number of anilines is 1. The van der Waals surface area contributed by atoms with Crippen molar-refractivity contribution in [3.05, 3.63) is 100 Å². The van der Waals surface area contributed by atoms with Crippen LogP contribution in [0.3, 0.4) is 0 Å². The minimum atomic E-state index is -1.22. The van der Waals surface area contributed by atoms with Crippen molar-refractivity contribution < 1.29 is 24.6 Å². The van der Waals surface area contributed by atoms with Gasteiger partial charge in [-0.15, -0.1) is 0 Å². The second-order valence-corrected chi connectivity index (χ2v) is 10.5. The summed E-state index contributed by atoms with van der Waals surface area (Å²) in [6.45, 7) is 2.52. The van der Waals surface area contributed by atoms with Crippen LogP contribution in [0.5, 0.6) is 0 Å². The molecule has 0 saturated carbocycles. The lowest BCUT2D eigenvalue weighted by Gasteiger charge is -2.41. The number of carboxylic acid groups (broad SMARTS) is 2. The molecule has 2 amide bonds. The molecule has 0 unspecified atom stereocenters. The number of carboxylic acids is 1. The van der Waals surface area contributed by atoms with Crippen LogP contribution in [0.1, 0.15) is 34.7 Å². The van der Waals surface area contributed by atoms with E-state index in [2.05, 4.69) is 51.2 Å². The smallest absolute Gasteiger partial charge is 0.421 e. The van der Waals surface area contributed by atoms with Crippen LogP contribution in [0.4, 0.5) is 10.5 Å². The Labute approximate surface area is 255 Å². The first-order valence-corrected chi connectivity index (χ1v) is 14.2. The largest absolute Gasteiger partial charge is 0.480 e. The molecule has 1 aliphatic rings. The highest BCUT2D eigenvalue weighted by atomic mass is 35.5. The second kappa shape index (κ2) is 15.1. The van der Waals surface area contributed by atoms with Gasteiger partial charge in [0.2, 0.25) is 5.91 Å². The summed E-state index contributed by atoms with van der Waals surface area (Å²) in [6, 6.07) is 23.9. The highest BCUT2D eigenvalue weighted by Gasteiger charge is 2.27. The van der Waals surface area contributed by atoms with Crippen LogP contribution >= 0.6 is 11.6 Å². The fourth-order valence-electron chi connectivity index (χ4n) is 5.05. The van der Waals surface area contributed by atoms with E-state index >= 15 is 0 Å². The number of hydrogen-bond acceptors (Lipinski definition) is 6. The fraction of sp³-hybridized carbons (Fsp3) is 0.281. The molecule has 224 valence electrons. The van der Waals surface area contributed by atoms with Crippen LogP contribution in [0, 0.1) is 11.8 Å². The molecule has 4 rings (SSSR count). The van der Waals surface area contributed by atoms with Crippen LogP contribution in [-0.2, 0) is 16.0 Å². The van der Waals surface area contributed by atoms with E-state index in [-0.39, 0.29) is 31.3 Å². The maximum atomic E-state index is 12.5. The van der Waals surface area contributed by atoms with Crippen LogP contribution in [0.2, 0.25) is 5.02 Å². The number of carbonyl (C=O) groups is 3. The number of nitrogens with one attached hydrogen (secondary N) is 1. The van der Waals surface area contributed by atoms with Crippen LogP contribution in [0.15, 0.2) is 72.8 Å². The second-order valence-electron chi connectivity index (χ2n) is 10.1. The molecule has 1 aliphatic heterocycles. The number of nitrogens with zero attached hydrogens (tertiary/aromatic N) is 3. The van der Waals surface area contributed by atoms with Gasteiger partial charge in [-0.3, -0.25) is 14.5 Å². The molecule has 0 bridgehead atoms. The van der Waals surface area contributed by atoms with Crippen molar-refractivity contribution in [1.82, 2.24) is 15.2 Å². The zero-order chi connectivity index (χ0) is 30.8. The van der Waals surface area contributed by atoms with Crippen molar-refractivity contribution in [1.29, 1.82) is 0 Å². The fourth-order valence-corrected chi connectivity index (χ4v) is 5.17. The van der Waals surface area contributed by atoms with Gasteiger partial charge in [0, 0.05) is 48.9 Å². The average Bonchev–Trinajstić information content (AvgIpc) is 3.00. The van der Waals surface area contributed by atoms with Gasteiger partial charge < -0.3 is 20.4 Å². The quantitative estimate of drug-likeness (QED) is 0.119. The third-order valence-electron chi connectivity index (χ3n) is 7.15. The van der Waals surface area contributed by atoms with E-state index < -0.39 is 18.6 Å². The SMILES string of the molecule is NN(CCC#Cc1ccc(CC(=O)NCC(=O)O)c(N2CCN([C@H](c3ccccc3)c3ccc(Cl)cc3)CC2)c1)C(=O)O. The van der Waals surface area contributed by atoms with Gasteiger partial charge in [0.25, 0.3) is 0 Å². The molecule has 3 aromatic carbocycles. The van der Waals surface area contributed by atoms with E-state index in [9.17, 15) is 14.4 Å². The van der Waals surface area contributed by atoms with Crippen molar-refractivity contribution >= 4 is 35.3 Å². The van der Waals surface area contributed by atoms with E-state index in [0.29, 0.717) is 28.7 Å². The number of nitrogens with two attached hydrogens (primary N) is 1. The molecule has 3 aromatic rings. The lowest BCUT2D eigenvalue weighted by atomic mass is 9.96. The normalized spacial score (nSPS) is 13.9. The molecule has 1 heterocycles. The Balaban J connectivity index is 1.55. The van der Waals surface area contributed by atoms with Crippen LogP contribution in [0.25, 0.3) is 0 Å². The molecular weight excluding hydrogens is 570 g/mol. The Morgan fingerprint density at radius 3 is 2.28 bits per heavy atom. The Kier molecular flexibility index (Phi) is 11.0. The standard InChI is InChI=1S/C32H34ClN5O5/c33-27-13-11-25(12-14-27)31(24-7-2-1-3-8-24)37-18-16-36(17-19-37)28-20-23(6-4-5-15-38(34)32(42)43)9-10-26(28)21-29(39)35-22-30(40)41/h1-3,7-14,20,31H,5,15-19,21-22,34H2,(H,35,39)(H,40,41)(H,42,43)/t31-/m1/s1. The maximum Gasteiger partial charge on any atom is 0.421 e. The summed E-state index contributed by atoms with van der Waals surface area (Å²) in [7, 11) is 0. The van der Waals surface area contributed by atoms with Crippen molar-refractivity contribution in [2.45, 2.75) is 18.9 Å². The van der Waals surface area contributed by atoms with Crippen molar-refractivity contribution in [2.24, 2.45) is 5.84 Å². The lowest BCUT2D eigenvalue weighted by molar-refractivity contribution is -0.137. The lowest BCUT2D eigenvalue weighted by Crippen LogP contribution is -2.48. The van der Waals surface area contributed by atoms with Gasteiger partial charge in [0.05, 0.1) is 19.0 Å². The minimum absolute atomic E-state index is 0.0225. The van der Waals surface area contributed by atoms with E-state index in [1.807, 2.05) is 42.5 Å². The average molecular weight is 604 g/mol. The minimum Gasteiger partial charge on any atom is -0.480 e.